The van der Waals surface area contributed by atoms with Crippen LogP contribution in [-0.4, -0.2) is 50.7 Å². The Morgan fingerprint density at radius 1 is 1.16 bits per heavy atom. The largest absolute Gasteiger partial charge is 0.497 e. The minimum Gasteiger partial charge on any atom is -0.497 e. The predicted octanol–water partition coefficient (Wildman–Crippen LogP) is 2.87. The van der Waals surface area contributed by atoms with E-state index in [4.69, 9.17) is 9.73 Å². The van der Waals surface area contributed by atoms with Crippen molar-refractivity contribution in [3.8, 4) is 5.75 Å². The van der Waals surface area contributed by atoms with Gasteiger partial charge in [-0.2, -0.15) is 0 Å². The van der Waals surface area contributed by atoms with Gasteiger partial charge in [0.2, 0.25) is 0 Å². The van der Waals surface area contributed by atoms with Crippen LogP contribution in [0.25, 0.3) is 0 Å². The van der Waals surface area contributed by atoms with E-state index < -0.39 is 0 Å². The molecule has 0 spiro atoms. The Morgan fingerprint density at radius 2 is 1.88 bits per heavy atom. The van der Waals surface area contributed by atoms with Gasteiger partial charge in [-0.3, -0.25) is 9.89 Å². The molecule has 2 rings (SSSR count). The number of methoxy groups -OCH3 is 1. The van der Waals surface area contributed by atoms with Crippen molar-refractivity contribution in [3.05, 3.63) is 29.8 Å². The van der Waals surface area contributed by atoms with Gasteiger partial charge < -0.3 is 15.4 Å². The summed E-state index contributed by atoms with van der Waals surface area (Å²) in [5.74, 6) is 2.59. The highest BCUT2D eigenvalue weighted by Gasteiger charge is 2.19. The summed E-state index contributed by atoms with van der Waals surface area (Å²) in [6.07, 6.45) is 3.58. The van der Waals surface area contributed by atoms with Crippen LogP contribution in [0, 0.1) is 5.92 Å². The highest BCUT2D eigenvalue weighted by Crippen LogP contribution is 2.20. The number of hydrogen-bond donors (Lipinski definition) is 2. The molecule has 140 valence electrons. The Labute approximate surface area is 152 Å². The van der Waals surface area contributed by atoms with Gasteiger partial charge in [0.05, 0.1) is 7.11 Å². The summed E-state index contributed by atoms with van der Waals surface area (Å²) >= 11 is 0. The Balaban J connectivity index is 1.74. The lowest BCUT2D eigenvalue weighted by atomic mass is 9.96. The monoisotopic (exact) mass is 346 g/mol. The molecule has 1 aromatic carbocycles. The van der Waals surface area contributed by atoms with Crippen LogP contribution in [0.4, 0.5) is 0 Å². The summed E-state index contributed by atoms with van der Waals surface area (Å²) in [7, 11) is 1.71. The van der Waals surface area contributed by atoms with Crippen LogP contribution < -0.4 is 15.4 Å². The van der Waals surface area contributed by atoms with Crippen LogP contribution in [0.3, 0.4) is 0 Å². The zero-order valence-corrected chi connectivity index (χ0v) is 16.1. The van der Waals surface area contributed by atoms with Crippen molar-refractivity contribution in [2.45, 2.75) is 39.7 Å². The van der Waals surface area contributed by atoms with Crippen LogP contribution in [0.15, 0.2) is 29.3 Å². The number of ether oxygens (including phenoxy) is 1. The number of hydrogen-bond acceptors (Lipinski definition) is 3. The zero-order chi connectivity index (χ0) is 17.9. The van der Waals surface area contributed by atoms with E-state index in [0.29, 0.717) is 5.92 Å². The van der Waals surface area contributed by atoms with Gasteiger partial charge in [-0.05, 0) is 62.9 Å². The number of rotatable bonds is 8. The van der Waals surface area contributed by atoms with Gasteiger partial charge in [0.15, 0.2) is 5.96 Å². The molecule has 25 heavy (non-hydrogen) atoms. The van der Waals surface area contributed by atoms with Gasteiger partial charge in [0, 0.05) is 26.2 Å². The normalized spacial score (nSPS) is 16.7. The molecule has 1 aliphatic rings. The highest BCUT2D eigenvalue weighted by molar-refractivity contribution is 5.79. The minimum absolute atomic E-state index is 0.698. The Morgan fingerprint density at radius 3 is 2.48 bits per heavy atom. The molecule has 5 heteroatoms. The van der Waals surface area contributed by atoms with Gasteiger partial charge in [0.1, 0.15) is 5.75 Å². The van der Waals surface area contributed by atoms with Crippen molar-refractivity contribution < 1.29 is 4.74 Å². The molecule has 1 heterocycles. The fourth-order valence-corrected chi connectivity index (χ4v) is 3.12. The molecule has 1 fully saturated rings. The molecule has 0 aromatic heterocycles. The van der Waals surface area contributed by atoms with Gasteiger partial charge >= 0.3 is 0 Å². The number of piperidine rings is 1. The molecule has 1 aliphatic heterocycles. The first-order valence-electron chi connectivity index (χ1n) is 9.62. The molecule has 5 nitrogen and oxygen atoms in total. The lowest BCUT2D eigenvalue weighted by molar-refractivity contribution is 0.180. The quantitative estimate of drug-likeness (QED) is 0.561. The lowest BCUT2D eigenvalue weighted by Gasteiger charge is -2.31. The molecular formula is C20H34N4O. The van der Waals surface area contributed by atoms with E-state index in [1.807, 2.05) is 12.1 Å². The summed E-state index contributed by atoms with van der Waals surface area (Å²) in [5, 5.41) is 6.70. The standard InChI is InChI=1S/C20H34N4O/c1-4-12-22-20(21-5-2)23-15-17-10-13-24(14-11-17)16-18-6-8-19(25-3)9-7-18/h6-9,17H,4-5,10-16H2,1-3H3,(H2,21,22,23). The van der Waals surface area contributed by atoms with Crippen molar-refractivity contribution >= 4 is 5.96 Å². The summed E-state index contributed by atoms with van der Waals surface area (Å²) in [6, 6.07) is 8.42. The molecule has 0 radical (unpaired) electrons. The number of likely N-dealkylation sites (tertiary alicyclic amines) is 1. The van der Waals surface area contributed by atoms with E-state index in [0.717, 1.165) is 57.4 Å². The van der Waals surface area contributed by atoms with Crippen LogP contribution in [-0.2, 0) is 6.54 Å². The molecule has 0 unspecified atom stereocenters. The topological polar surface area (TPSA) is 48.9 Å². The lowest BCUT2D eigenvalue weighted by Crippen LogP contribution is -2.39. The van der Waals surface area contributed by atoms with E-state index >= 15 is 0 Å². The second-order valence-corrected chi connectivity index (χ2v) is 6.71. The number of nitrogens with zero attached hydrogens (tertiary/aromatic N) is 2. The fraction of sp³-hybridized carbons (Fsp3) is 0.650. The first kappa shape index (κ1) is 19.6. The third-order valence-corrected chi connectivity index (χ3v) is 4.67. The molecule has 1 saturated heterocycles. The second kappa shape index (κ2) is 11.0. The van der Waals surface area contributed by atoms with Gasteiger partial charge in [-0.25, -0.2) is 0 Å². The van der Waals surface area contributed by atoms with Crippen LogP contribution >= 0.6 is 0 Å². The first-order chi connectivity index (χ1) is 12.2. The maximum Gasteiger partial charge on any atom is 0.191 e. The Hall–Kier alpha value is -1.75. The smallest absolute Gasteiger partial charge is 0.191 e. The number of guanidine groups is 1. The highest BCUT2D eigenvalue weighted by atomic mass is 16.5. The maximum atomic E-state index is 5.22. The summed E-state index contributed by atoms with van der Waals surface area (Å²) in [4.78, 5) is 7.31. The summed E-state index contributed by atoms with van der Waals surface area (Å²) in [5.41, 5.74) is 1.36. The van der Waals surface area contributed by atoms with Crippen molar-refractivity contribution in [2.24, 2.45) is 10.9 Å². The van der Waals surface area contributed by atoms with Crippen LogP contribution in [0.2, 0.25) is 0 Å². The second-order valence-electron chi connectivity index (χ2n) is 6.71. The average molecular weight is 347 g/mol. The molecular weight excluding hydrogens is 312 g/mol. The Kier molecular flexibility index (Phi) is 8.60. The minimum atomic E-state index is 0.698. The van der Waals surface area contributed by atoms with Crippen LogP contribution in [0.1, 0.15) is 38.7 Å². The molecule has 0 atom stereocenters. The number of benzene rings is 1. The van der Waals surface area contributed by atoms with Crippen molar-refractivity contribution in [1.29, 1.82) is 0 Å². The van der Waals surface area contributed by atoms with E-state index in [1.165, 1.54) is 18.4 Å². The molecule has 1 aromatic rings. The number of aliphatic imine (C=N–C) groups is 1. The summed E-state index contributed by atoms with van der Waals surface area (Å²) in [6.45, 7) is 10.4. The van der Waals surface area contributed by atoms with E-state index in [-0.39, 0.29) is 0 Å². The van der Waals surface area contributed by atoms with Crippen molar-refractivity contribution in [1.82, 2.24) is 15.5 Å². The molecule has 0 amide bonds. The third kappa shape index (κ3) is 6.94. The SMILES string of the molecule is CCCNC(=NCC1CCN(Cc2ccc(OC)cc2)CC1)NCC. The predicted molar refractivity (Wildman–Crippen MR) is 105 cm³/mol. The first-order valence-corrected chi connectivity index (χ1v) is 9.62. The van der Waals surface area contributed by atoms with Gasteiger partial charge in [0.25, 0.3) is 0 Å². The van der Waals surface area contributed by atoms with Crippen LogP contribution in [0.5, 0.6) is 5.75 Å². The summed E-state index contributed by atoms with van der Waals surface area (Å²) < 4.78 is 5.22. The van der Waals surface area contributed by atoms with E-state index in [1.54, 1.807) is 7.11 Å². The van der Waals surface area contributed by atoms with Gasteiger partial charge in [-0.15, -0.1) is 0 Å². The third-order valence-electron chi connectivity index (χ3n) is 4.67. The van der Waals surface area contributed by atoms with E-state index in [9.17, 15) is 0 Å². The molecule has 0 bridgehead atoms. The van der Waals surface area contributed by atoms with Crippen molar-refractivity contribution in [3.63, 3.8) is 0 Å². The number of nitrogens with one attached hydrogen (secondary N) is 2. The maximum absolute atomic E-state index is 5.22. The van der Waals surface area contributed by atoms with E-state index in [2.05, 4.69) is 41.5 Å². The molecule has 0 aliphatic carbocycles. The Bertz CT molecular complexity index is 507. The van der Waals surface area contributed by atoms with Crippen molar-refractivity contribution in [2.75, 3.05) is 39.8 Å². The molecule has 2 N–H and O–H groups in total. The zero-order valence-electron chi connectivity index (χ0n) is 16.1. The molecule has 0 saturated carbocycles. The average Bonchev–Trinajstić information content (AvgIpc) is 2.66. The van der Waals surface area contributed by atoms with Gasteiger partial charge in [-0.1, -0.05) is 19.1 Å². The fourth-order valence-electron chi connectivity index (χ4n) is 3.12.